The van der Waals surface area contributed by atoms with Crippen LogP contribution < -0.4 is 16.6 Å². The number of nitrogens with one attached hydrogen (secondary N) is 2. The first-order chi connectivity index (χ1) is 10.3. The summed E-state index contributed by atoms with van der Waals surface area (Å²) in [5.74, 6) is 4.97. The van der Waals surface area contributed by atoms with E-state index in [1.54, 1.807) is 6.20 Å². The van der Waals surface area contributed by atoms with E-state index in [0.29, 0.717) is 0 Å². The fraction of sp³-hybridized carbons (Fsp3) is 0.857. The molecule has 1 saturated carbocycles. The molecule has 1 spiro atoms. The molecule has 3 aliphatic rings. The maximum absolute atomic E-state index is 5.84. The number of morpholine rings is 1. The van der Waals surface area contributed by atoms with Crippen LogP contribution in [0.5, 0.6) is 0 Å². The van der Waals surface area contributed by atoms with E-state index in [9.17, 15) is 0 Å². The highest BCUT2D eigenvalue weighted by Crippen LogP contribution is 2.41. The summed E-state index contributed by atoms with van der Waals surface area (Å²) in [5, 5.41) is 3.55. The molecular formula is C14H26N4O3. The molecule has 120 valence electrons. The zero-order valence-corrected chi connectivity index (χ0v) is 12.5. The monoisotopic (exact) mass is 298 g/mol. The van der Waals surface area contributed by atoms with Crippen molar-refractivity contribution in [3.63, 3.8) is 0 Å². The van der Waals surface area contributed by atoms with Crippen LogP contribution in [0, 0.1) is 0 Å². The summed E-state index contributed by atoms with van der Waals surface area (Å²) < 4.78 is 17.2. The van der Waals surface area contributed by atoms with E-state index in [1.165, 1.54) is 0 Å². The molecule has 7 heteroatoms. The zero-order chi connectivity index (χ0) is 14.6. The van der Waals surface area contributed by atoms with Crippen LogP contribution in [0.25, 0.3) is 0 Å². The summed E-state index contributed by atoms with van der Waals surface area (Å²) in [7, 11) is 0. The van der Waals surface area contributed by atoms with Gasteiger partial charge in [0.15, 0.2) is 5.79 Å². The third-order valence-corrected chi connectivity index (χ3v) is 4.80. The Morgan fingerprint density at radius 2 is 1.57 bits per heavy atom. The summed E-state index contributed by atoms with van der Waals surface area (Å²) in [6.45, 7) is 4.92. The van der Waals surface area contributed by atoms with E-state index < -0.39 is 0 Å². The van der Waals surface area contributed by atoms with Gasteiger partial charge in [-0.05, 0) is 12.8 Å². The van der Waals surface area contributed by atoms with E-state index >= 15 is 0 Å². The van der Waals surface area contributed by atoms with Crippen molar-refractivity contribution in [1.82, 2.24) is 15.6 Å². The first-order valence-electron chi connectivity index (χ1n) is 7.78. The second-order valence-electron chi connectivity index (χ2n) is 5.88. The third kappa shape index (κ3) is 3.17. The lowest BCUT2D eigenvalue weighted by Crippen LogP contribution is -2.63. The van der Waals surface area contributed by atoms with Crippen molar-refractivity contribution < 1.29 is 14.2 Å². The average Bonchev–Trinajstić information content (AvgIpc) is 2.99. The Hall–Kier alpha value is -0.860. The Morgan fingerprint density at radius 3 is 2.19 bits per heavy atom. The van der Waals surface area contributed by atoms with E-state index in [2.05, 4.69) is 15.6 Å². The molecule has 21 heavy (non-hydrogen) atoms. The molecule has 3 fully saturated rings. The third-order valence-electron chi connectivity index (χ3n) is 4.80. The number of ether oxygens (including phenoxy) is 3. The maximum atomic E-state index is 5.84. The Labute approximate surface area is 125 Å². The predicted molar refractivity (Wildman–Crippen MR) is 77.8 cm³/mol. The Balaban J connectivity index is 1.69. The molecule has 1 aliphatic carbocycles. The van der Waals surface area contributed by atoms with E-state index in [1.807, 2.05) is 6.20 Å². The molecule has 0 atom stereocenters. The molecule has 2 aliphatic heterocycles. The fourth-order valence-corrected chi connectivity index (χ4v) is 3.62. The smallest absolute Gasteiger partial charge is 0.168 e. The highest BCUT2D eigenvalue weighted by molar-refractivity contribution is 5.00. The number of hydrogen-bond donors (Lipinski definition) is 3. The van der Waals surface area contributed by atoms with Gasteiger partial charge in [0.1, 0.15) is 0 Å². The normalized spacial score (nSPS) is 29.0. The fourth-order valence-electron chi connectivity index (χ4n) is 3.62. The van der Waals surface area contributed by atoms with Gasteiger partial charge in [-0.2, -0.15) is 0 Å². The van der Waals surface area contributed by atoms with Crippen LogP contribution in [-0.2, 0) is 14.2 Å². The number of hydrazine groups is 1. The van der Waals surface area contributed by atoms with Gasteiger partial charge in [0.2, 0.25) is 0 Å². The molecule has 0 aromatic carbocycles. The Morgan fingerprint density at radius 1 is 0.905 bits per heavy atom. The summed E-state index contributed by atoms with van der Waals surface area (Å²) in [6, 6.07) is 0. The molecule has 0 amide bonds. The molecule has 3 rings (SSSR count). The van der Waals surface area contributed by atoms with Gasteiger partial charge in [-0.25, -0.2) is 0 Å². The first kappa shape index (κ1) is 15.1. The molecule has 0 unspecified atom stereocenters. The van der Waals surface area contributed by atoms with Gasteiger partial charge in [-0.3, -0.25) is 10.7 Å². The van der Waals surface area contributed by atoms with Crippen LogP contribution in [-0.4, -0.2) is 55.9 Å². The number of nitrogens with zero attached hydrogens (tertiary/aromatic N) is 1. The van der Waals surface area contributed by atoms with E-state index in [4.69, 9.17) is 20.1 Å². The quantitative estimate of drug-likeness (QED) is 0.492. The first-order valence-corrected chi connectivity index (χ1v) is 7.78. The zero-order valence-electron chi connectivity index (χ0n) is 12.5. The average molecular weight is 298 g/mol. The summed E-state index contributed by atoms with van der Waals surface area (Å²) >= 11 is 0. The highest BCUT2D eigenvalue weighted by Gasteiger charge is 2.48. The Kier molecular flexibility index (Phi) is 4.66. The van der Waals surface area contributed by atoms with Crippen LogP contribution in [0.15, 0.2) is 12.4 Å². The second kappa shape index (κ2) is 6.50. The molecule has 0 radical (unpaired) electrons. The van der Waals surface area contributed by atoms with Crippen LogP contribution in [0.2, 0.25) is 0 Å². The molecule has 2 saturated heterocycles. The van der Waals surface area contributed by atoms with Gasteiger partial charge in [-0.1, -0.05) is 0 Å². The van der Waals surface area contributed by atoms with Gasteiger partial charge < -0.3 is 25.0 Å². The van der Waals surface area contributed by atoms with Crippen molar-refractivity contribution in [1.29, 1.82) is 0 Å². The molecule has 2 heterocycles. The molecule has 7 nitrogen and oxygen atoms in total. The molecular weight excluding hydrogens is 272 g/mol. The van der Waals surface area contributed by atoms with Crippen molar-refractivity contribution >= 4 is 0 Å². The minimum Gasteiger partial charge on any atom is -0.379 e. The lowest BCUT2D eigenvalue weighted by Gasteiger charge is -2.51. The molecule has 0 aromatic heterocycles. The topological polar surface area (TPSA) is 81.0 Å². The van der Waals surface area contributed by atoms with Crippen molar-refractivity contribution in [2.24, 2.45) is 5.84 Å². The van der Waals surface area contributed by atoms with Crippen LogP contribution >= 0.6 is 0 Å². The van der Waals surface area contributed by atoms with Gasteiger partial charge in [-0.15, -0.1) is 0 Å². The summed E-state index contributed by atoms with van der Waals surface area (Å²) in [6.07, 6.45) is 7.42. The highest BCUT2D eigenvalue weighted by atomic mass is 16.7. The molecule has 0 bridgehead atoms. The van der Waals surface area contributed by atoms with Gasteiger partial charge in [0.25, 0.3) is 0 Å². The lowest BCUT2D eigenvalue weighted by atomic mass is 9.83. The van der Waals surface area contributed by atoms with Gasteiger partial charge in [0.05, 0.1) is 32.1 Å². The van der Waals surface area contributed by atoms with Crippen LogP contribution in [0.3, 0.4) is 0 Å². The maximum Gasteiger partial charge on any atom is 0.168 e. The number of rotatable bonds is 4. The van der Waals surface area contributed by atoms with Crippen molar-refractivity contribution in [3.05, 3.63) is 12.4 Å². The predicted octanol–water partition coefficient (Wildman–Crippen LogP) is -0.144. The van der Waals surface area contributed by atoms with Crippen molar-refractivity contribution in [3.8, 4) is 0 Å². The Bertz CT molecular complexity index is 355. The summed E-state index contributed by atoms with van der Waals surface area (Å²) in [5.41, 5.74) is 2.48. The molecule has 4 N–H and O–H groups in total. The van der Waals surface area contributed by atoms with Crippen molar-refractivity contribution in [2.75, 3.05) is 39.5 Å². The minimum absolute atomic E-state index is 0.0578. The van der Waals surface area contributed by atoms with Crippen LogP contribution in [0.4, 0.5) is 0 Å². The van der Waals surface area contributed by atoms with Crippen LogP contribution in [0.1, 0.15) is 25.7 Å². The van der Waals surface area contributed by atoms with Crippen molar-refractivity contribution in [2.45, 2.75) is 37.1 Å². The molecule has 0 aromatic rings. The van der Waals surface area contributed by atoms with E-state index in [-0.39, 0.29) is 11.4 Å². The number of hydrogen-bond acceptors (Lipinski definition) is 7. The minimum atomic E-state index is -0.340. The lowest BCUT2D eigenvalue weighted by molar-refractivity contribution is -0.199. The summed E-state index contributed by atoms with van der Waals surface area (Å²) in [4.78, 5) is 2.49. The van der Waals surface area contributed by atoms with E-state index in [0.717, 1.165) is 65.2 Å². The largest absolute Gasteiger partial charge is 0.379 e. The SMILES string of the molecule is NN/C=C\NC1(N2CCOCC2)CCC2(CC1)OCCO2. The second-order valence-corrected chi connectivity index (χ2v) is 5.88. The number of nitrogens with two attached hydrogens (primary N) is 1. The van der Waals surface area contributed by atoms with Gasteiger partial charge in [0, 0.05) is 38.3 Å². The standard InChI is InChI=1S/C14H26N4O3/c15-17-6-5-16-13(18-7-9-19-10-8-18)1-3-14(4-2-13)20-11-12-21-14/h5-6,16-17H,1-4,7-12,15H2/b6-5-. The van der Waals surface area contributed by atoms with Gasteiger partial charge >= 0.3 is 0 Å².